The predicted octanol–water partition coefficient (Wildman–Crippen LogP) is 5.68. The van der Waals surface area contributed by atoms with Gasteiger partial charge in [0.15, 0.2) is 0 Å². The van der Waals surface area contributed by atoms with E-state index in [0.717, 1.165) is 50.3 Å². The summed E-state index contributed by atoms with van der Waals surface area (Å²) >= 11 is 0. The van der Waals surface area contributed by atoms with Crippen LogP contribution in [0.25, 0.3) is 33.4 Å². The molecule has 0 atom stereocenters. The number of methoxy groups -OCH3 is 1. The Bertz CT molecular complexity index is 954. The second kappa shape index (κ2) is 8.95. The Balaban J connectivity index is 1.83. The zero-order valence-corrected chi connectivity index (χ0v) is 16.9. The molecule has 4 aromatic rings. The van der Waals surface area contributed by atoms with Gasteiger partial charge in [-0.1, -0.05) is 60.7 Å². The fraction of sp³-hybridized carbons (Fsp3) is 0.111. The van der Waals surface area contributed by atoms with Crippen LogP contribution in [0.15, 0.2) is 91.0 Å². The molecule has 0 unspecified atom stereocenters. The number of hydrogen-bond acceptors (Lipinski definition) is 3. The van der Waals surface area contributed by atoms with E-state index in [2.05, 4.69) is 30.3 Å². The molecule has 150 valence electrons. The summed E-state index contributed by atoms with van der Waals surface area (Å²) in [5, 5.41) is 18.7. The lowest BCUT2D eigenvalue weighted by Gasteiger charge is -2.12. The topological polar surface area (TPSA) is 49.7 Å². The first-order valence-electron chi connectivity index (χ1n) is 9.90. The van der Waals surface area contributed by atoms with Gasteiger partial charge in [0, 0.05) is 0 Å². The van der Waals surface area contributed by atoms with E-state index in [1.165, 1.54) is 0 Å². The van der Waals surface area contributed by atoms with E-state index in [9.17, 15) is 10.2 Å². The summed E-state index contributed by atoms with van der Waals surface area (Å²) in [7, 11) is 1.67. The normalized spacial score (nSPS) is 10.8. The minimum atomic E-state index is 0.0363. The highest BCUT2D eigenvalue weighted by Crippen LogP contribution is 2.33. The van der Waals surface area contributed by atoms with Crippen LogP contribution >= 0.6 is 0 Å². The first kappa shape index (κ1) is 19.9. The zero-order chi connectivity index (χ0) is 20.9. The van der Waals surface area contributed by atoms with Crippen LogP contribution < -0.4 is 4.74 Å². The molecule has 0 aliphatic carbocycles. The van der Waals surface area contributed by atoms with Crippen molar-refractivity contribution in [1.82, 2.24) is 0 Å². The van der Waals surface area contributed by atoms with Gasteiger partial charge in [0.2, 0.25) is 0 Å². The van der Waals surface area contributed by atoms with Gasteiger partial charge in [0.05, 0.1) is 20.3 Å². The fourth-order valence-electron chi connectivity index (χ4n) is 3.52. The Hall–Kier alpha value is -3.40. The Morgan fingerprint density at radius 3 is 1.13 bits per heavy atom. The van der Waals surface area contributed by atoms with Crippen molar-refractivity contribution in [2.45, 2.75) is 13.2 Å². The van der Waals surface area contributed by atoms with Crippen LogP contribution in [0.4, 0.5) is 0 Å². The molecule has 4 rings (SSSR count). The Kier molecular flexibility index (Phi) is 5.94. The van der Waals surface area contributed by atoms with E-state index < -0.39 is 0 Å². The maximum Gasteiger partial charge on any atom is 0.118 e. The van der Waals surface area contributed by atoms with E-state index >= 15 is 0 Å². The van der Waals surface area contributed by atoms with E-state index in [4.69, 9.17) is 4.74 Å². The number of hydrogen-bond donors (Lipinski definition) is 2. The summed E-state index contributed by atoms with van der Waals surface area (Å²) in [6.45, 7) is 0.0727. The monoisotopic (exact) mass is 396 g/mol. The first-order chi connectivity index (χ1) is 14.7. The molecule has 0 saturated heterocycles. The molecule has 3 heteroatoms. The lowest BCUT2D eigenvalue weighted by molar-refractivity contribution is 0.281. The number of aliphatic hydroxyl groups is 2. The molecule has 0 radical (unpaired) electrons. The SMILES string of the molecule is COc1ccc(-c2cc(-c3ccc(CO)cc3)cc(-c3ccc(CO)cc3)c2)cc1. The van der Waals surface area contributed by atoms with Crippen LogP contribution in [-0.2, 0) is 13.2 Å². The quantitative estimate of drug-likeness (QED) is 0.441. The Labute approximate surface area is 176 Å². The molecule has 0 aliphatic rings. The van der Waals surface area contributed by atoms with Crippen molar-refractivity contribution in [3.05, 3.63) is 102 Å². The van der Waals surface area contributed by atoms with Crippen LogP contribution in [0.5, 0.6) is 5.75 Å². The summed E-state index contributed by atoms with van der Waals surface area (Å²) < 4.78 is 5.29. The third-order valence-electron chi connectivity index (χ3n) is 5.30. The van der Waals surface area contributed by atoms with E-state index in [-0.39, 0.29) is 13.2 Å². The van der Waals surface area contributed by atoms with Crippen molar-refractivity contribution in [2.75, 3.05) is 7.11 Å². The Morgan fingerprint density at radius 2 is 0.833 bits per heavy atom. The van der Waals surface area contributed by atoms with Gasteiger partial charge in [-0.3, -0.25) is 0 Å². The first-order valence-corrected chi connectivity index (χ1v) is 9.90. The molecule has 0 aliphatic heterocycles. The van der Waals surface area contributed by atoms with Gasteiger partial charge in [0.1, 0.15) is 5.75 Å². The van der Waals surface area contributed by atoms with E-state index in [0.29, 0.717) is 0 Å². The van der Waals surface area contributed by atoms with Crippen LogP contribution in [0.3, 0.4) is 0 Å². The van der Waals surface area contributed by atoms with E-state index in [1.807, 2.05) is 60.7 Å². The lowest BCUT2D eigenvalue weighted by Crippen LogP contribution is -1.89. The standard InChI is InChI=1S/C27H24O3/c1-30-27-12-10-23(11-13-27)26-15-24(21-6-2-19(17-28)3-7-21)14-25(16-26)22-8-4-20(18-29)5-9-22/h2-16,28-29H,17-18H2,1H3. The van der Waals surface area contributed by atoms with Crippen molar-refractivity contribution in [3.8, 4) is 39.1 Å². The number of ether oxygens (including phenoxy) is 1. The summed E-state index contributed by atoms with van der Waals surface area (Å²) in [4.78, 5) is 0. The highest BCUT2D eigenvalue weighted by Gasteiger charge is 2.08. The molecule has 2 N–H and O–H groups in total. The Morgan fingerprint density at radius 1 is 0.500 bits per heavy atom. The maximum atomic E-state index is 9.34. The number of aliphatic hydroxyl groups excluding tert-OH is 2. The molecule has 30 heavy (non-hydrogen) atoms. The maximum absolute atomic E-state index is 9.34. The van der Waals surface area contributed by atoms with Gasteiger partial charge < -0.3 is 14.9 Å². The average molecular weight is 396 g/mol. The smallest absolute Gasteiger partial charge is 0.118 e. The largest absolute Gasteiger partial charge is 0.497 e. The molecule has 0 saturated carbocycles. The second-order valence-electron chi connectivity index (χ2n) is 7.24. The van der Waals surface area contributed by atoms with Crippen molar-refractivity contribution in [1.29, 1.82) is 0 Å². The van der Waals surface area contributed by atoms with Crippen molar-refractivity contribution in [3.63, 3.8) is 0 Å². The van der Waals surface area contributed by atoms with Crippen LogP contribution in [0.2, 0.25) is 0 Å². The van der Waals surface area contributed by atoms with Gasteiger partial charge >= 0.3 is 0 Å². The highest BCUT2D eigenvalue weighted by atomic mass is 16.5. The second-order valence-corrected chi connectivity index (χ2v) is 7.24. The third kappa shape index (κ3) is 4.28. The van der Waals surface area contributed by atoms with Gasteiger partial charge in [0.25, 0.3) is 0 Å². The molecule has 0 aromatic heterocycles. The van der Waals surface area contributed by atoms with Crippen molar-refractivity contribution < 1.29 is 14.9 Å². The summed E-state index contributed by atoms with van der Waals surface area (Å²) in [6.07, 6.45) is 0. The molecule has 0 bridgehead atoms. The van der Waals surface area contributed by atoms with Crippen molar-refractivity contribution in [2.24, 2.45) is 0 Å². The molecule has 0 heterocycles. The molecule has 4 aromatic carbocycles. The predicted molar refractivity (Wildman–Crippen MR) is 121 cm³/mol. The van der Waals surface area contributed by atoms with Crippen LogP contribution in [0.1, 0.15) is 11.1 Å². The van der Waals surface area contributed by atoms with Crippen LogP contribution in [0, 0.1) is 0 Å². The molecular weight excluding hydrogens is 372 g/mol. The average Bonchev–Trinajstić information content (AvgIpc) is 2.84. The lowest BCUT2D eigenvalue weighted by atomic mass is 9.93. The fourth-order valence-corrected chi connectivity index (χ4v) is 3.52. The third-order valence-corrected chi connectivity index (χ3v) is 5.30. The van der Waals surface area contributed by atoms with Crippen LogP contribution in [-0.4, -0.2) is 17.3 Å². The summed E-state index contributed by atoms with van der Waals surface area (Å²) in [6, 6.07) is 30.5. The van der Waals surface area contributed by atoms with Crippen molar-refractivity contribution >= 4 is 0 Å². The van der Waals surface area contributed by atoms with Gasteiger partial charge in [-0.2, -0.15) is 0 Å². The molecule has 0 amide bonds. The van der Waals surface area contributed by atoms with Gasteiger partial charge in [-0.05, 0) is 74.8 Å². The minimum absolute atomic E-state index is 0.0363. The number of rotatable bonds is 6. The molecule has 0 spiro atoms. The minimum Gasteiger partial charge on any atom is -0.497 e. The summed E-state index contributed by atoms with van der Waals surface area (Å²) in [5.41, 5.74) is 8.41. The zero-order valence-electron chi connectivity index (χ0n) is 16.9. The van der Waals surface area contributed by atoms with Gasteiger partial charge in [-0.25, -0.2) is 0 Å². The van der Waals surface area contributed by atoms with Gasteiger partial charge in [-0.15, -0.1) is 0 Å². The molecule has 3 nitrogen and oxygen atoms in total. The highest BCUT2D eigenvalue weighted by molar-refractivity contribution is 5.81. The molecule has 0 fully saturated rings. The number of benzene rings is 4. The molecular formula is C27H24O3. The summed E-state index contributed by atoms with van der Waals surface area (Å²) in [5.74, 6) is 0.828. The van der Waals surface area contributed by atoms with E-state index in [1.54, 1.807) is 7.11 Å².